The van der Waals surface area contributed by atoms with Crippen LogP contribution in [0.1, 0.15) is 88.9 Å². The molecule has 8 heteroatoms. The van der Waals surface area contributed by atoms with Crippen molar-refractivity contribution < 1.29 is 17.9 Å². The summed E-state index contributed by atoms with van der Waals surface area (Å²) in [5, 5.41) is 2.77. The fourth-order valence-corrected chi connectivity index (χ4v) is 5.66. The molecule has 7 nitrogen and oxygen atoms in total. The van der Waals surface area contributed by atoms with Gasteiger partial charge < -0.3 is 15.8 Å². The molecule has 0 saturated heterocycles. The molecule has 0 bridgehead atoms. The zero-order valence-corrected chi connectivity index (χ0v) is 24.1. The monoisotopic (exact) mass is 545 g/mol. The van der Waals surface area contributed by atoms with E-state index in [1.807, 2.05) is 37.3 Å². The molecule has 2 aromatic rings. The lowest BCUT2D eigenvalue weighted by Crippen LogP contribution is -2.51. The zero-order valence-electron chi connectivity index (χ0n) is 23.3. The summed E-state index contributed by atoms with van der Waals surface area (Å²) < 4.78 is 36.1. The lowest BCUT2D eigenvalue weighted by Gasteiger charge is -2.31. The number of carbonyl (C=O) groups excluding carboxylic acids is 1. The number of hydrogen-bond acceptors (Lipinski definition) is 5. The predicted octanol–water partition coefficient (Wildman–Crippen LogP) is 5.39. The number of nitrogens with one attached hydrogen (secondary N) is 2. The minimum absolute atomic E-state index is 0.0925. The second-order valence-electron chi connectivity index (χ2n) is 9.93. The van der Waals surface area contributed by atoms with E-state index in [9.17, 15) is 13.2 Å². The van der Waals surface area contributed by atoms with Crippen LogP contribution in [0.25, 0.3) is 0 Å². The van der Waals surface area contributed by atoms with Gasteiger partial charge in [0.25, 0.3) is 0 Å². The molecule has 0 aliphatic rings. The Hall–Kier alpha value is -2.26. The Balaban J connectivity index is 2.35. The van der Waals surface area contributed by atoms with Crippen molar-refractivity contribution in [2.24, 2.45) is 5.73 Å². The number of amides is 1. The molecular formula is C30H47N3O4S. The standard InChI is InChI=1S/C30H47N3O4S/c1-4-6-7-8-9-13-17-26(14-5-2)37-29(25-15-11-10-12-16-25)28(30(34)32-23-22-31)33-38(35,36)27-20-18-24(3)19-21-27/h10-12,15-16,18-21,26,28-29,33H,4-9,13-14,17,22-23,31H2,1-3H3,(H,32,34). The summed E-state index contributed by atoms with van der Waals surface area (Å²) in [6.45, 7) is 6.70. The van der Waals surface area contributed by atoms with Gasteiger partial charge in [-0.25, -0.2) is 8.42 Å². The maximum Gasteiger partial charge on any atom is 0.241 e. The Morgan fingerprint density at radius 1 is 0.895 bits per heavy atom. The largest absolute Gasteiger partial charge is 0.368 e. The molecule has 212 valence electrons. The Morgan fingerprint density at radius 3 is 2.18 bits per heavy atom. The van der Waals surface area contributed by atoms with Gasteiger partial charge in [0.2, 0.25) is 15.9 Å². The highest BCUT2D eigenvalue weighted by molar-refractivity contribution is 7.89. The van der Waals surface area contributed by atoms with E-state index in [4.69, 9.17) is 10.5 Å². The molecule has 0 aromatic heterocycles. The number of benzene rings is 2. The number of unbranched alkanes of at least 4 members (excludes halogenated alkanes) is 5. The highest BCUT2D eigenvalue weighted by Gasteiger charge is 2.36. The van der Waals surface area contributed by atoms with Crippen LogP contribution >= 0.6 is 0 Å². The van der Waals surface area contributed by atoms with Crippen molar-refractivity contribution in [2.45, 2.75) is 102 Å². The second kappa shape index (κ2) is 17.4. The molecule has 4 N–H and O–H groups in total. The maximum atomic E-state index is 13.4. The van der Waals surface area contributed by atoms with Gasteiger partial charge in [-0.05, 0) is 37.5 Å². The van der Waals surface area contributed by atoms with Crippen LogP contribution in [-0.2, 0) is 19.6 Å². The third kappa shape index (κ3) is 10.8. The first-order valence-electron chi connectivity index (χ1n) is 14.1. The Bertz CT molecular complexity index is 1030. The van der Waals surface area contributed by atoms with Crippen molar-refractivity contribution in [1.29, 1.82) is 0 Å². The van der Waals surface area contributed by atoms with Gasteiger partial charge in [0, 0.05) is 13.1 Å². The van der Waals surface area contributed by atoms with Gasteiger partial charge in [-0.1, -0.05) is 107 Å². The normalized spacial score (nSPS) is 14.1. The van der Waals surface area contributed by atoms with Gasteiger partial charge in [0.05, 0.1) is 11.0 Å². The van der Waals surface area contributed by atoms with Crippen LogP contribution in [0.4, 0.5) is 0 Å². The molecule has 2 rings (SSSR count). The fraction of sp³-hybridized carbons (Fsp3) is 0.567. The van der Waals surface area contributed by atoms with Crippen LogP contribution in [0.3, 0.4) is 0 Å². The van der Waals surface area contributed by atoms with E-state index in [1.165, 1.54) is 25.7 Å². The first-order valence-corrected chi connectivity index (χ1v) is 15.6. The van der Waals surface area contributed by atoms with E-state index in [-0.39, 0.29) is 24.1 Å². The fourth-order valence-electron chi connectivity index (χ4n) is 4.47. The summed E-state index contributed by atoms with van der Waals surface area (Å²) in [7, 11) is -4.00. The average molecular weight is 546 g/mol. The van der Waals surface area contributed by atoms with Crippen LogP contribution < -0.4 is 15.8 Å². The molecule has 2 aromatic carbocycles. The van der Waals surface area contributed by atoms with Gasteiger partial charge in [-0.3, -0.25) is 4.79 Å². The quantitative estimate of drug-likeness (QED) is 0.205. The number of aryl methyl sites for hydroxylation is 1. The summed E-state index contributed by atoms with van der Waals surface area (Å²) in [6, 6.07) is 14.8. The molecule has 3 atom stereocenters. The first kappa shape index (κ1) is 32.0. The number of carbonyl (C=O) groups is 1. The summed E-state index contributed by atoms with van der Waals surface area (Å²) in [6.07, 6.45) is 8.83. The van der Waals surface area contributed by atoms with Gasteiger partial charge >= 0.3 is 0 Å². The summed E-state index contributed by atoms with van der Waals surface area (Å²) in [5.74, 6) is -0.463. The molecule has 0 radical (unpaired) electrons. The lowest BCUT2D eigenvalue weighted by atomic mass is 10.00. The topological polar surface area (TPSA) is 111 Å². The number of sulfonamides is 1. The second-order valence-corrected chi connectivity index (χ2v) is 11.6. The Kier molecular flexibility index (Phi) is 14.6. The van der Waals surface area contributed by atoms with E-state index >= 15 is 0 Å². The van der Waals surface area contributed by atoms with Crippen LogP contribution in [-0.4, -0.2) is 39.6 Å². The van der Waals surface area contributed by atoms with Crippen LogP contribution in [0.15, 0.2) is 59.5 Å². The van der Waals surface area contributed by atoms with E-state index in [2.05, 4.69) is 23.9 Å². The van der Waals surface area contributed by atoms with Crippen molar-refractivity contribution >= 4 is 15.9 Å². The smallest absolute Gasteiger partial charge is 0.241 e. The Morgan fingerprint density at radius 2 is 1.55 bits per heavy atom. The highest BCUT2D eigenvalue weighted by Crippen LogP contribution is 2.28. The van der Waals surface area contributed by atoms with Crippen molar-refractivity contribution in [1.82, 2.24) is 10.0 Å². The molecule has 3 unspecified atom stereocenters. The van der Waals surface area contributed by atoms with Crippen LogP contribution in [0.2, 0.25) is 0 Å². The summed E-state index contributed by atoms with van der Waals surface area (Å²) in [5.41, 5.74) is 7.32. The van der Waals surface area contributed by atoms with E-state index < -0.39 is 28.1 Å². The molecule has 0 fully saturated rings. The van der Waals surface area contributed by atoms with Crippen LogP contribution in [0.5, 0.6) is 0 Å². The highest BCUT2D eigenvalue weighted by atomic mass is 32.2. The Labute approximate surface area is 230 Å². The summed E-state index contributed by atoms with van der Waals surface area (Å²) >= 11 is 0. The zero-order chi connectivity index (χ0) is 27.8. The van der Waals surface area contributed by atoms with Crippen molar-refractivity contribution in [3.63, 3.8) is 0 Å². The molecule has 1 amide bonds. The molecular weight excluding hydrogens is 498 g/mol. The third-order valence-corrected chi connectivity index (χ3v) is 8.06. The molecule has 0 aliphatic heterocycles. The predicted molar refractivity (Wildman–Crippen MR) is 154 cm³/mol. The number of hydrogen-bond donors (Lipinski definition) is 3. The number of nitrogens with two attached hydrogens (primary N) is 1. The van der Waals surface area contributed by atoms with Crippen molar-refractivity contribution in [3.05, 3.63) is 65.7 Å². The number of rotatable bonds is 19. The molecule has 0 heterocycles. The first-order chi connectivity index (χ1) is 18.3. The van der Waals surface area contributed by atoms with Gasteiger partial charge in [0.1, 0.15) is 12.1 Å². The minimum Gasteiger partial charge on any atom is -0.368 e. The summed E-state index contributed by atoms with van der Waals surface area (Å²) in [4.78, 5) is 13.5. The van der Waals surface area contributed by atoms with Gasteiger partial charge in [-0.15, -0.1) is 0 Å². The maximum absolute atomic E-state index is 13.4. The molecule has 0 spiro atoms. The SMILES string of the molecule is CCCCCCCCC(CCC)OC(c1ccccc1)C(NS(=O)(=O)c1ccc(C)cc1)C(=O)NCCN. The molecule has 0 aliphatic carbocycles. The van der Waals surface area contributed by atoms with Gasteiger partial charge in [-0.2, -0.15) is 4.72 Å². The van der Waals surface area contributed by atoms with Gasteiger partial charge in [0.15, 0.2) is 0 Å². The van der Waals surface area contributed by atoms with Crippen molar-refractivity contribution in [3.8, 4) is 0 Å². The van der Waals surface area contributed by atoms with E-state index in [1.54, 1.807) is 24.3 Å². The molecule has 38 heavy (non-hydrogen) atoms. The van der Waals surface area contributed by atoms with E-state index in [0.717, 1.165) is 43.2 Å². The third-order valence-electron chi connectivity index (χ3n) is 6.60. The lowest BCUT2D eigenvalue weighted by molar-refractivity contribution is -0.129. The average Bonchev–Trinajstić information content (AvgIpc) is 2.91. The minimum atomic E-state index is -4.00. The van der Waals surface area contributed by atoms with E-state index in [0.29, 0.717) is 0 Å². The molecule has 0 saturated carbocycles. The van der Waals surface area contributed by atoms with Crippen molar-refractivity contribution in [2.75, 3.05) is 13.1 Å². The van der Waals surface area contributed by atoms with Crippen LogP contribution in [0, 0.1) is 6.92 Å². The number of ether oxygens (including phenoxy) is 1.